The quantitative estimate of drug-likeness (QED) is 0.455. The molecule has 28 heavy (non-hydrogen) atoms. The minimum atomic E-state index is -0.827. The maximum atomic E-state index is 13.9. The smallest absolute Gasteiger partial charge is 0.337 e. The lowest BCUT2D eigenvalue weighted by Crippen LogP contribution is -2.63. The maximum absolute atomic E-state index is 13.9. The van der Waals surface area contributed by atoms with E-state index in [0.29, 0.717) is 31.5 Å². The van der Waals surface area contributed by atoms with Crippen LogP contribution < -0.4 is 5.32 Å². The fourth-order valence-corrected chi connectivity index (χ4v) is 6.04. The first kappa shape index (κ1) is 17.7. The number of methoxy groups -OCH3 is 1. The van der Waals surface area contributed by atoms with Crippen LogP contribution in [0.2, 0.25) is 0 Å². The number of carbonyl (C=O) groups excluding carboxylic acids is 2. The SMILES string of the molecule is COC(=O)C1=CO[C@H](C)[C@H]2C[N+]3([O-])CC[C@]4(C(=O)Nc5ccccc54)[C@@H]3C[C@H]12. The highest BCUT2D eigenvalue weighted by Crippen LogP contribution is 2.56. The zero-order valence-corrected chi connectivity index (χ0v) is 16.0. The topological polar surface area (TPSA) is 87.7 Å². The van der Waals surface area contributed by atoms with Crippen LogP contribution in [0.4, 0.5) is 5.69 Å². The number of ether oxygens (including phenoxy) is 2. The van der Waals surface area contributed by atoms with Crippen molar-refractivity contribution >= 4 is 17.6 Å². The molecule has 148 valence electrons. The van der Waals surface area contributed by atoms with E-state index in [1.807, 2.05) is 31.2 Å². The lowest BCUT2D eigenvalue weighted by atomic mass is 9.66. The standard InChI is InChI=1S/C21H24N2O5/c1-12-14-10-23(26)8-7-21(16-5-3-4-6-17(16)22-20(21)25)18(23)9-13(14)15(11-28-12)19(24)27-2/h3-6,11-14,18H,7-10H2,1-2H3,(H,22,25)/t12-,13+,14-,18+,21-,23?/m1/s1. The fraction of sp³-hybridized carbons (Fsp3) is 0.524. The van der Waals surface area contributed by atoms with Crippen LogP contribution in [0, 0.1) is 17.0 Å². The number of carbonyl (C=O) groups is 2. The molecule has 0 bridgehead atoms. The summed E-state index contributed by atoms with van der Waals surface area (Å²) in [5.74, 6) is -0.715. The number of para-hydroxylation sites is 1. The number of benzene rings is 1. The number of nitrogens with one attached hydrogen (secondary N) is 1. The van der Waals surface area contributed by atoms with Gasteiger partial charge >= 0.3 is 5.97 Å². The van der Waals surface area contributed by atoms with Gasteiger partial charge in [0.05, 0.1) is 38.0 Å². The molecule has 0 saturated carbocycles. The highest BCUT2D eigenvalue weighted by atomic mass is 16.6. The van der Waals surface area contributed by atoms with Gasteiger partial charge in [-0.3, -0.25) is 4.79 Å². The number of quaternary nitrogens is 1. The van der Waals surface area contributed by atoms with Crippen molar-refractivity contribution in [2.24, 2.45) is 11.8 Å². The summed E-state index contributed by atoms with van der Waals surface area (Å²) < 4.78 is 10.2. The molecule has 2 fully saturated rings. The van der Waals surface area contributed by atoms with Crippen molar-refractivity contribution in [3.05, 3.63) is 46.9 Å². The number of hydrogen-bond acceptors (Lipinski definition) is 5. The Bertz CT molecular complexity index is 899. The van der Waals surface area contributed by atoms with Gasteiger partial charge in [0, 0.05) is 24.4 Å². The molecule has 0 aliphatic carbocycles. The summed E-state index contributed by atoms with van der Waals surface area (Å²) in [7, 11) is 1.35. The molecule has 1 aromatic carbocycles. The van der Waals surface area contributed by atoms with Crippen LogP contribution in [-0.2, 0) is 24.5 Å². The van der Waals surface area contributed by atoms with Gasteiger partial charge in [0.1, 0.15) is 17.6 Å². The lowest BCUT2D eigenvalue weighted by Gasteiger charge is -2.56. The second kappa shape index (κ2) is 5.81. The van der Waals surface area contributed by atoms with E-state index in [4.69, 9.17) is 9.47 Å². The van der Waals surface area contributed by atoms with E-state index < -0.39 is 22.1 Å². The monoisotopic (exact) mass is 384 g/mol. The van der Waals surface area contributed by atoms with E-state index in [1.165, 1.54) is 13.4 Å². The second-order valence-corrected chi connectivity index (χ2v) is 8.51. The largest absolute Gasteiger partial charge is 0.633 e. The van der Waals surface area contributed by atoms with Gasteiger partial charge in [-0.05, 0) is 18.6 Å². The van der Waals surface area contributed by atoms with Gasteiger partial charge in [0.2, 0.25) is 5.91 Å². The van der Waals surface area contributed by atoms with Gasteiger partial charge in [0.25, 0.3) is 0 Å². The first-order valence-electron chi connectivity index (χ1n) is 9.83. The van der Waals surface area contributed by atoms with E-state index in [-0.39, 0.29) is 23.8 Å². The normalized spacial score (nSPS) is 40.7. The van der Waals surface area contributed by atoms with E-state index in [9.17, 15) is 14.8 Å². The predicted octanol–water partition coefficient (Wildman–Crippen LogP) is 2.08. The zero-order chi connectivity index (χ0) is 19.7. The summed E-state index contributed by atoms with van der Waals surface area (Å²) in [5, 5.41) is 16.9. The van der Waals surface area contributed by atoms with Gasteiger partial charge in [0.15, 0.2) is 0 Å². The first-order valence-corrected chi connectivity index (χ1v) is 9.83. The van der Waals surface area contributed by atoms with Crippen molar-refractivity contribution in [1.29, 1.82) is 0 Å². The molecule has 4 heterocycles. The van der Waals surface area contributed by atoms with Crippen LogP contribution in [0.1, 0.15) is 25.3 Å². The fourth-order valence-electron chi connectivity index (χ4n) is 6.04. The number of amides is 1. The Balaban J connectivity index is 1.60. The van der Waals surface area contributed by atoms with Crippen LogP contribution in [-0.4, -0.2) is 48.9 Å². The molecule has 4 aliphatic heterocycles. The minimum Gasteiger partial charge on any atom is -0.633 e. The minimum absolute atomic E-state index is 0.0669. The molecule has 2 saturated heterocycles. The molecule has 1 N–H and O–H groups in total. The van der Waals surface area contributed by atoms with Crippen LogP contribution >= 0.6 is 0 Å². The van der Waals surface area contributed by atoms with Crippen LogP contribution in [0.15, 0.2) is 36.1 Å². The summed E-state index contributed by atoms with van der Waals surface area (Å²) >= 11 is 0. The zero-order valence-electron chi connectivity index (χ0n) is 16.0. The summed E-state index contributed by atoms with van der Waals surface area (Å²) in [5.41, 5.74) is 1.37. The number of hydrogen-bond donors (Lipinski definition) is 1. The highest BCUT2D eigenvalue weighted by Gasteiger charge is 2.66. The molecule has 1 amide bonds. The Kier molecular flexibility index (Phi) is 3.67. The van der Waals surface area contributed by atoms with Gasteiger partial charge in [-0.2, -0.15) is 0 Å². The van der Waals surface area contributed by atoms with E-state index in [1.54, 1.807) is 0 Å². The average molecular weight is 384 g/mol. The van der Waals surface area contributed by atoms with E-state index in [2.05, 4.69) is 5.32 Å². The molecule has 7 heteroatoms. The summed E-state index contributed by atoms with van der Waals surface area (Å²) in [6, 6.07) is 7.23. The van der Waals surface area contributed by atoms with Crippen molar-refractivity contribution in [2.45, 2.75) is 37.3 Å². The van der Waals surface area contributed by atoms with Crippen molar-refractivity contribution in [2.75, 3.05) is 25.5 Å². The van der Waals surface area contributed by atoms with Gasteiger partial charge in [-0.1, -0.05) is 18.2 Å². The first-order chi connectivity index (χ1) is 13.4. The van der Waals surface area contributed by atoms with Crippen molar-refractivity contribution in [1.82, 2.24) is 0 Å². The molecule has 0 radical (unpaired) electrons. The molecule has 6 atom stereocenters. The molecule has 5 rings (SSSR count). The number of fused-ring (bicyclic) bond motifs is 5. The number of hydroxylamine groups is 3. The van der Waals surface area contributed by atoms with Crippen molar-refractivity contribution in [3.8, 4) is 0 Å². The van der Waals surface area contributed by atoms with Crippen LogP contribution in [0.3, 0.4) is 0 Å². The van der Waals surface area contributed by atoms with Crippen molar-refractivity contribution < 1.29 is 23.7 Å². The molecule has 7 nitrogen and oxygen atoms in total. The molecule has 1 spiro atoms. The number of piperidine rings is 1. The van der Waals surface area contributed by atoms with Crippen LogP contribution in [0.5, 0.6) is 0 Å². The Morgan fingerprint density at radius 3 is 2.96 bits per heavy atom. The third kappa shape index (κ3) is 2.11. The molecular weight excluding hydrogens is 360 g/mol. The molecule has 0 aromatic heterocycles. The number of rotatable bonds is 1. The highest BCUT2D eigenvalue weighted by molar-refractivity contribution is 6.07. The van der Waals surface area contributed by atoms with Gasteiger partial charge in [-0.15, -0.1) is 0 Å². The molecule has 4 aliphatic rings. The second-order valence-electron chi connectivity index (χ2n) is 8.51. The number of anilines is 1. The third-order valence-electron chi connectivity index (χ3n) is 7.43. The summed E-state index contributed by atoms with van der Waals surface area (Å²) in [6.45, 7) is 2.69. The van der Waals surface area contributed by atoms with Crippen molar-refractivity contribution in [3.63, 3.8) is 0 Å². The number of nitrogens with zero attached hydrogens (tertiary/aromatic N) is 1. The third-order valence-corrected chi connectivity index (χ3v) is 7.43. The molecule has 1 aromatic rings. The Morgan fingerprint density at radius 2 is 2.18 bits per heavy atom. The van der Waals surface area contributed by atoms with E-state index in [0.717, 1.165) is 11.3 Å². The Morgan fingerprint density at radius 1 is 1.39 bits per heavy atom. The molecule has 1 unspecified atom stereocenters. The predicted molar refractivity (Wildman–Crippen MR) is 101 cm³/mol. The summed E-state index contributed by atoms with van der Waals surface area (Å²) in [4.78, 5) is 25.5. The average Bonchev–Trinajstić information content (AvgIpc) is 3.16. The van der Waals surface area contributed by atoms with Gasteiger partial charge < -0.3 is 24.6 Å². The van der Waals surface area contributed by atoms with E-state index >= 15 is 0 Å². The van der Waals surface area contributed by atoms with Crippen LogP contribution in [0.25, 0.3) is 0 Å². The van der Waals surface area contributed by atoms with Gasteiger partial charge in [-0.25, -0.2) is 4.79 Å². The maximum Gasteiger partial charge on any atom is 0.337 e. The molecular formula is C21H24N2O5. The Labute approximate surface area is 163 Å². The summed E-state index contributed by atoms with van der Waals surface area (Å²) in [6.07, 6.45) is 2.34. The lowest BCUT2D eigenvalue weighted by molar-refractivity contribution is -0.905. The number of esters is 1. The Hall–Kier alpha value is -2.38.